The number of ketones is 1. The Bertz CT molecular complexity index is 1240. The SMILES string of the molecule is C=C(C)c1ccc(COCCCCCCCCCCCCCCCCCCOc2ccc(C=CC(=O)c3ccccc3)cc2)cc1. The fraction of sp³-hybridized carbons (Fsp3) is 0.465. The largest absolute Gasteiger partial charge is 0.494 e. The van der Waals surface area contributed by atoms with Gasteiger partial charge in [0.2, 0.25) is 0 Å². The zero-order chi connectivity index (χ0) is 32.5. The van der Waals surface area contributed by atoms with Gasteiger partial charge in [-0.05, 0) is 54.7 Å². The van der Waals surface area contributed by atoms with E-state index in [9.17, 15) is 4.79 Å². The van der Waals surface area contributed by atoms with Gasteiger partial charge in [-0.1, -0.05) is 175 Å². The summed E-state index contributed by atoms with van der Waals surface area (Å²) in [5.41, 5.74) is 5.26. The average molecular weight is 623 g/mol. The van der Waals surface area contributed by atoms with E-state index in [0.717, 1.165) is 36.5 Å². The summed E-state index contributed by atoms with van der Waals surface area (Å²) < 4.78 is 11.8. The van der Waals surface area contributed by atoms with Crippen molar-refractivity contribution < 1.29 is 14.3 Å². The lowest BCUT2D eigenvalue weighted by molar-refractivity contribution is 0.104. The third-order valence-electron chi connectivity index (χ3n) is 8.53. The van der Waals surface area contributed by atoms with E-state index in [1.165, 1.54) is 107 Å². The van der Waals surface area contributed by atoms with Crippen molar-refractivity contribution in [1.82, 2.24) is 0 Å². The van der Waals surface area contributed by atoms with Gasteiger partial charge in [0.1, 0.15) is 5.75 Å². The number of ether oxygens (including phenoxy) is 2. The van der Waals surface area contributed by atoms with Crippen molar-refractivity contribution >= 4 is 17.4 Å². The monoisotopic (exact) mass is 622 g/mol. The Morgan fingerprint density at radius 3 is 1.61 bits per heavy atom. The first-order valence-corrected chi connectivity index (χ1v) is 17.9. The second-order valence-corrected chi connectivity index (χ2v) is 12.7. The predicted octanol–water partition coefficient (Wildman–Crippen LogP) is 12.5. The number of hydrogen-bond donors (Lipinski definition) is 0. The maximum atomic E-state index is 12.2. The lowest BCUT2D eigenvalue weighted by atomic mass is 10.0. The molecule has 0 unspecified atom stereocenters. The van der Waals surface area contributed by atoms with E-state index in [0.29, 0.717) is 12.2 Å². The summed E-state index contributed by atoms with van der Waals surface area (Å²) in [5, 5.41) is 0. The molecule has 0 aliphatic heterocycles. The lowest BCUT2D eigenvalue weighted by Crippen LogP contribution is -1.97. The molecule has 3 aromatic carbocycles. The zero-order valence-electron chi connectivity index (χ0n) is 28.5. The van der Waals surface area contributed by atoms with Crippen LogP contribution in [-0.2, 0) is 11.3 Å². The molecule has 0 heterocycles. The molecular formula is C43H58O3. The van der Waals surface area contributed by atoms with E-state index in [2.05, 4.69) is 30.8 Å². The quantitative estimate of drug-likeness (QED) is 0.0507. The molecule has 0 saturated carbocycles. The molecule has 0 saturated heterocycles. The van der Waals surface area contributed by atoms with Crippen molar-refractivity contribution in [2.75, 3.05) is 13.2 Å². The summed E-state index contributed by atoms with van der Waals surface area (Å²) in [7, 11) is 0. The van der Waals surface area contributed by atoms with Gasteiger partial charge >= 0.3 is 0 Å². The molecule has 0 atom stereocenters. The van der Waals surface area contributed by atoms with Crippen LogP contribution in [0.3, 0.4) is 0 Å². The highest BCUT2D eigenvalue weighted by atomic mass is 16.5. The van der Waals surface area contributed by atoms with Crippen LogP contribution in [0, 0.1) is 0 Å². The summed E-state index contributed by atoms with van der Waals surface area (Å²) in [5.74, 6) is 0.912. The maximum absolute atomic E-state index is 12.2. The van der Waals surface area contributed by atoms with Crippen LogP contribution in [0.15, 0.2) is 91.5 Å². The molecule has 3 nitrogen and oxygen atoms in total. The normalized spacial score (nSPS) is 11.2. The molecule has 0 N–H and O–H groups in total. The number of allylic oxidation sites excluding steroid dienone is 2. The van der Waals surface area contributed by atoms with Crippen LogP contribution in [-0.4, -0.2) is 19.0 Å². The van der Waals surface area contributed by atoms with Crippen molar-refractivity contribution in [3.05, 3.63) is 114 Å². The molecule has 248 valence electrons. The van der Waals surface area contributed by atoms with Gasteiger partial charge in [-0.25, -0.2) is 0 Å². The van der Waals surface area contributed by atoms with E-state index in [1.807, 2.05) is 67.6 Å². The molecule has 3 aromatic rings. The van der Waals surface area contributed by atoms with Crippen LogP contribution in [0.4, 0.5) is 0 Å². The van der Waals surface area contributed by atoms with Gasteiger partial charge in [0.15, 0.2) is 5.78 Å². The van der Waals surface area contributed by atoms with Crippen LogP contribution >= 0.6 is 0 Å². The van der Waals surface area contributed by atoms with E-state index < -0.39 is 0 Å². The first-order valence-electron chi connectivity index (χ1n) is 17.9. The second kappa shape index (κ2) is 23.8. The van der Waals surface area contributed by atoms with E-state index in [4.69, 9.17) is 9.47 Å². The minimum atomic E-state index is 0.0182. The third-order valence-corrected chi connectivity index (χ3v) is 8.53. The summed E-state index contributed by atoms with van der Waals surface area (Å²) in [6.45, 7) is 8.38. The Balaban J connectivity index is 1.02. The summed E-state index contributed by atoms with van der Waals surface area (Å²) in [6.07, 6.45) is 24.8. The van der Waals surface area contributed by atoms with E-state index >= 15 is 0 Å². The molecule has 0 aliphatic carbocycles. The molecule has 0 radical (unpaired) electrons. The zero-order valence-corrected chi connectivity index (χ0v) is 28.5. The Labute approximate surface area is 280 Å². The van der Waals surface area contributed by atoms with E-state index in [1.54, 1.807) is 6.08 Å². The molecule has 0 aliphatic rings. The minimum absolute atomic E-state index is 0.0182. The molecular weight excluding hydrogens is 564 g/mol. The number of benzene rings is 3. The van der Waals surface area contributed by atoms with Crippen LogP contribution < -0.4 is 4.74 Å². The Morgan fingerprint density at radius 1 is 0.587 bits per heavy atom. The number of unbranched alkanes of at least 4 members (excludes halogenated alkanes) is 15. The van der Waals surface area contributed by atoms with Gasteiger partial charge in [-0.3, -0.25) is 4.79 Å². The topological polar surface area (TPSA) is 35.5 Å². The predicted molar refractivity (Wildman–Crippen MR) is 196 cm³/mol. The van der Waals surface area contributed by atoms with Crippen LogP contribution in [0.2, 0.25) is 0 Å². The summed E-state index contributed by atoms with van der Waals surface area (Å²) in [4.78, 5) is 12.2. The minimum Gasteiger partial charge on any atom is -0.494 e. The molecule has 0 bridgehead atoms. The third kappa shape index (κ3) is 16.8. The Kier molecular flexibility index (Phi) is 19.2. The Morgan fingerprint density at radius 2 is 1.09 bits per heavy atom. The van der Waals surface area contributed by atoms with Gasteiger partial charge < -0.3 is 9.47 Å². The Hall–Kier alpha value is -3.43. The first kappa shape index (κ1) is 37.0. The summed E-state index contributed by atoms with van der Waals surface area (Å²) in [6, 6.07) is 25.9. The summed E-state index contributed by atoms with van der Waals surface area (Å²) >= 11 is 0. The van der Waals surface area contributed by atoms with Gasteiger partial charge in [0.25, 0.3) is 0 Å². The second-order valence-electron chi connectivity index (χ2n) is 12.7. The highest BCUT2D eigenvalue weighted by Crippen LogP contribution is 2.17. The van der Waals surface area contributed by atoms with Crippen LogP contribution in [0.1, 0.15) is 137 Å². The number of rotatable bonds is 26. The highest BCUT2D eigenvalue weighted by Gasteiger charge is 2.01. The van der Waals surface area contributed by atoms with Crippen molar-refractivity contribution in [3.8, 4) is 5.75 Å². The van der Waals surface area contributed by atoms with Gasteiger partial charge in [-0.2, -0.15) is 0 Å². The smallest absolute Gasteiger partial charge is 0.185 e. The maximum Gasteiger partial charge on any atom is 0.185 e. The van der Waals surface area contributed by atoms with Crippen LogP contribution in [0.25, 0.3) is 11.6 Å². The number of hydrogen-bond acceptors (Lipinski definition) is 3. The first-order chi connectivity index (χ1) is 22.6. The fourth-order valence-electron chi connectivity index (χ4n) is 5.59. The van der Waals surface area contributed by atoms with Gasteiger partial charge in [0, 0.05) is 12.2 Å². The van der Waals surface area contributed by atoms with E-state index in [-0.39, 0.29) is 5.78 Å². The van der Waals surface area contributed by atoms with Crippen molar-refractivity contribution in [3.63, 3.8) is 0 Å². The average Bonchev–Trinajstić information content (AvgIpc) is 3.09. The molecule has 0 aromatic heterocycles. The van der Waals surface area contributed by atoms with Gasteiger partial charge in [0.05, 0.1) is 13.2 Å². The lowest BCUT2D eigenvalue weighted by Gasteiger charge is -2.07. The van der Waals surface area contributed by atoms with Crippen molar-refractivity contribution in [1.29, 1.82) is 0 Å². The van der Waals surface area contributed by atoms with Gasteiger partial charge in [-0.15, -0.1) is 0 Å². The highest BCUT2D eigenvalue weighted by molar-refractivity contribution is 6.06. The van der Waals surface area contributed by atoms with Crippen LogP contribution in [0.5, 0.6) is 5.75 Å². The van der Waals surface area contributed by atoms with Crippen molar-refractivity contribution in [2.45, 2.75) is 116 Å². The molecule has 0 spiro atoms. The standard InChI is InChI=1S/C43H58O3/c1-37(2)40-29-24-39(25-30-40)36-45-34-20-15-13-11-9-7-5-3-4-6-8-10-12-14-16-21-35-46-42-31-26-38(27-32-42)28-33-43(44)41-22-18-17-19-23-41/h17-19,22-33H,1,3-16,20-21,34-36H2,2H3. The fourth-order valence-corrected chi connectivity index (χ4v) is 5.59. The molecule has 46 heavy (non-hydrogen) atoms. The molecule has 0 amide bonds. The molecule has 3 heteroatoms. The number of carbonyl (C=O) groups is 1. The molecule has 0 fully saturated rings. The van der Waals surface area contributed by atoms with Crippen molar-refractivity contribution in [2.24, 2.45) is 0 Å². The number of carbonyl (C=O) groups excluding carboxylic acids is 1. The molecule has 3 rings (SSSR count).